The largest absolute Gasteiger partial charge is 0.367 e. The van der Waals surface area contributed by atoms with Gasteiger partial charge >= 0.3 is 0 Å². The van der Waals surface area contributed by atoms with Gasteiger partial charge in [0.25, 0.3) is 5.56 Å². The molecule has 1 aliphatic rings. The van der Waals surface area contributed by atoms with Crippen LogP contribution in [0.5, 0.6) is 0 Å². The number of hydrogen-bond acceptors (Lipinski definition) is 5. The molecule has 2 amide bonds. The van der Waals surface area contributed by atoms with Crippen molar-refractivity contribution in [2.24, 2.45) is 5.92 Å². The molecule has 0 aliphatic heterocycles. The molecule has 8 heteroatoms. The minimum absolute atomic E-state index is 0.00965. The quantitative estimate of drug-likeness (QED) is 0.642. The van der Waals surface area contributed by atoms with E-state index in [4.69, 9.17) is 0 Å². The number of carbonyl (C=O) groups is 2. The molecule has 0 unspecified atom stereocenters. The Morgan fingerprint density at radius 3 is 2.80 bits per heavy atom. The van der Waals surface area contributed by atoms with Crippen molar-refractivity contribution in [2.45, 2.75) is 19.8 Å². The predicted molar refractivity (Wildman–Crippen MR) is 74.8 cm³/mol. The smallest absolute Gasteiger partial charge is 0.278 e. The Balaban J connectivity index is 2.34. The fourth-order valence-electron chi connectivity index (χ4n) is 1.98. The van der Waals surface area contributed by atoms with Crippen LogP contribution >= 0.6 is 0 Å². The summed E-state index contributed by atoms with van der Waals surface area (Å²) >= 11 is 0. The molecule has 0 saturated heterocycles. The second-order valence-corrected chi connectivity index (χ2v) is 4.88. The van der Waals surface area contributed by atoms with Gasteiger partial charge in [-0.1, -0.05) is 0 Å². The van der Waals surface area contributed by atoms with Crippen molar-refractivity contribution < 1.29 is 9.59 Å². The monoisotopic (exact) mass is 279 g/mol. The molecule has 3 N–H and O–H groups in total. The molecule has 0 bridgehead atoms. The van der Waals surface area contributed by atoms with E-state index in [1.54, 1.807) is 11.9 Å². The highest BCUT2D eigenvalue weighted by atomic mass is 16.2. The molecular formula is C12H17N5O3. The Morgan fingerprint density at radius 2 is 2.25 bits per heavy atom. The summed E-state index contributed by atoms with van der Waals surface area (Å²) in [6, 6.07) is 0. The molecule has 108 valence electrons. The maximum atomic E-state index is 12.1. The summed E-state index contributed by atoms with van der Waals surface area (Å²) < 4.78 is 0. The lowest BCUT2D eigenvalue weighted by Gasteiger charge is -2.20. The van der Waals surface area contributed by atoms with Crippen LogP contribution in [0.3, 0.4) is 0 Å². The third-order valence-corrected chi connectivity index (χ3v) is 3.00. The van der Waals surface area contributed by atoms with Gasteiger partial charge in [0, 0.05) is 20.5 Å². The van der Waals surface area contributed by atoms with Gasteiger partial charge in [-0.05, 0) is 18.8 Å². The van der Waals surface area contributed by atoms with E-state index in [0.29, 0.717) is 12.3 Å². The summed E-state index contributed by atoms with van der Waals surface area (Å²) in [7, 11) is 1.78. The molecule has 1 aromatic heterocycles. The zero-order valence-electron chi connectivity index (χ0n) is 11.4. The molecule has 0 radical (unpaired) electrons. The van der Waals surface area contributed by atoms with E-state index < -0.39 is 5.56 Å². The summed E-state index contributed by atoms with van der Waals surface area (Å²) in [6.45, 7) is 2.04. The van der Waals surface area contributed by atoms with Crippen LogP contribution in [0.15, 0.2) is 4.79 Å². The molecule has 8 nitrogen and oxygen atoms in total. The van der Waals surface area contributed by atoms with Gasteiger partial charge in [-0.3, -0.25) is 24.7 Å². The van der Waals surface area contributed by atoms with E-state index >= 15 is 0 Å². The molecule has 20 heavy (non-hydrogen) atoms. The molecule has 1 aromatic rings. The highest BCUT2D eigenvalue weighted by Crippen LogP contribution is 2.31. The van der Waals surface area contributed by atoms with E-state index in [1.165, 1.54) is 6.92 Å². The average molecular weight is 279 g/mol. The van der Waals surface area contributed by atoms with Crippen LogP contribution < -0.4 is 21.1 Å². The fourth-order valence-corrected chi connectivity index (χ4v) is 1.98. The van der Waals surface area contributed by atoms with Crippen molar-refractivity contribution in [3.8, 4) is 0 Å². The molecule has 1 fully saturated rings. The first-order chi connectivity index (χ1) is 9.51. The number of nitrogens with zero attached hydrogens (tertiary/aromatic N) is 2. The number of carbonyl (C=O) groups excluding carboxylic acids is 2. The molecule has 1 saturated carbocycles. The van der Waals surface area contributed by atoms with Gasteiger partial charge in [-0.25, -0.2) is 0 Å². The maximum Gasteiger partial charge on any atom is 0.278 e. The minimum atomic E-state index is -0.406. The van der Waals surface area contributed by atoms with Crippen LogP contribution in [0.1, 0.15) is 19.8 Å². The normalized spacial score (nSPS) is 13.7. The van der Waals surface area contributed by atoms with E-state index in [0.717, 1.165) is 19.4 Å². The van der Waals surface area contributed by atoms with Crippen LogP contribution in [-0.2, 0) is 9.59 Å². The average Bonchev–Trinajstić information content (AvgIpc) is 3.11. The van der Waals surface area contributed by atoms with Gasteiger partial charge in [0.1, 0.15) is 5.69 Å². The number of nitrogens with one attached hydrogen (secondary N) is 3. The Morgan fingerprint density at radius 1 is 1.55 bits per heavy atom. The lowest BCUT2D eigenvalue weighted by molar-refractivity contribution is -0.114. The van der Waals surface area contributed by atoms with Crippen molar-refractivity contribution in [3.05, 3.63) is 10.4 Å². The molecule has 1 heterocycles. The Hall–Kier alpha value is -2.38. The maximum absolute atomic E-state index is 12.1. The molecule has 0 atom stereocenters. The van der Waals surface area contributed by atoms with Crippen molar-refractivity contribution in [3.63, 3.8) is 0 Å². The second-order valence-electron chi connectivity index (χ2n) is 4.88. The number of aromatic nitrogens is 2. The van der Waals surface area contributed by atoms with E-state index in [-0.39, 0.29) is 23.4 Å². The van der Waals surface area contributed by atoms with Crippen LogP contribution in [0.4, 0.5) is 17.5 Å². The summed E-state index contributed by atoms with van der Waals surface area (Å²) in [5, 5.41) is 4.78. The van der Waals surface area contributed by atoms with Crippen molar-refractivity contribution >= 4 is 29.8 Å². The molecule has 0 aromatic carbocycles. The Labute approximate surface area is 115 Å². The summed E-state index contributed by atoms with van der Waals surface area (Å²) in [5.41, 5.74) is -0.116. The number of aromatic amines is 1. The van der Waals surface area contributed by atoms with E-state index in [2.05, 4.69) is 20.6 Å². The molecule has 2 rings (SSSR count). The number of H-pyrrole nitrogens is 1. The van der Waals surface area contributed by atoms with Gasteiger partial charge in [0.2, 0.25) is 18.3 Å². The van der Waals surface area contributed by atoms with Gasteiger partial charge < -0.3 is 10.2 Å². The predicted octanol–water partition coefficient (Wildman–Crippen LogP) is 0.143. The van der Waals surface area contributed by atoms with Crippen LogP contribution in [0, 0.1) is 5.92 Å². The van der Waals surface area contributed by atoms with Gasteiger partial charge in [0.05, 0.1) is 0 Å². The van der Waals surface area contributed by atoms with E-state index in [1.807, 2.05) is 0 Å². The third-order valence-electron chi connectivity index (χ3n) is 3.00. The van der Waals surface area contributed by atoms with Gasteiger partial charge in [-0.15, -0.1) is 0 Å². The van der Waals surface area contributed by atoms with Crippen LogP contribution in [-0.4, -0.2) is 35.9 Å². The highest BCUT2D eigenvalue weighted by molar-refractivity contribution is 5.87. The molecule has 1 aliphatic carbocycles. The summed E-state index contributed by atoms with van der Waals surface area (Å²) in [5.74, 6) is 0.369. The zero-order chi connectivity index (χ0) is 14.7. The number of amides is 2. The van der Waals surface area contributed by atoms with Crippen molar-refractivity contribution in [2.75, 3.05) is 29.1 Å². The first kappa shape index (κ1) is 14.0. The van der Waals surface area contributed by atoms with Crippen molar-refractivity contribution in [1.29, 1.82) is 0 Å². The third kappa shape index (κ3) is 3.34. The standard InChI is InChI=1S/C12H17N5O3/c1-7(19)14-12-15-10(13-6-18)9(11(20)16-12)17(2)5-8-3-4-8/h6,8H,3-5H2,1-2H3,(H3,13,14,15,16,18,19,20). The highest BCUT2D eigenvalue weighted by Gasteiger charge is 2.25. The first-order valence-corrected chi connectivity index (χ1v) is 6.34. The molecular weight excluding hydrogens is 262 g/mol. The summed E-state index contributed by atoms with van der Waals surface area (Å²) in [6.07, 6.45) is 2.75. The molecule has 0 spiro atoms. The number of anilines is 3. The number of rotatable bonds is 6. The van der Waals surface area contributed by atoms with Crippen LogP contribution in [0.25, 0.3) is 0 Å². The SMILES string of the molecule is CC(=O)Nc1nc(NC=O)c(N(C)CC2CC2)c(=O)[nH]1. The minimum Gasteiger partial charge on any atom is -0.367 e. The Bertz CT molecular complexity index is 579. The lowest BCUT2D eigenvalue weighted by atomic mass is 10.3. The lowest BCUT2D eigenvalue weighted by Crippen LogP contribution is -2.30. The van der Waals surface area contributed by atoms with Gasteiger partial charge in [-0.2, -0.15) is 4.98 Å². The topological polar surface area (TPSA) is 107 Å². The second kappa shape index (κ2) is 5.72. The van der Waals surface area contributed by atoms with E-state index in [9.17, 15) is 14.4 Å². The van der Waals surface area contributed by atoms with Crippen molar-refractivity contribution in [1.82, 2.24) is 9.97 Å². The van der Waals surface area contributed by atoms with Gasteiger partial charge in [0.15, 0.2) is 5.82 Å². The number of hydrogen-bond donors (Lipinski definition) is 3. The summed E-state index contributed by atoms with van der Waals surface area (Å²) in [4.78, 5) is 42.1. The van der Waals surface area contributed by atoms with Crippen LogP contribution in [0.2, 0.25) is 0 Å². The fraction of sp³-hybridized carbons (Fsp3) is 0.500. The first-order valence-electron chi connectivity index (χ1n) is 6.34. The zero-order valence-corrected chi connectivity index (χ0v) is 11.4. The Kier molecular flexibility index (Phi) is 4.02.